The van der Waals surface area contributed by atoms with Crippen molar-refractivity contribution in [2.45, 2.75) is 0 Å². The van der Waals surface area contributed by atoms with Gasteiger partial charge in [-0.1, -0.05) is 11.2 Å². The fourth-order valence-electron chi connectivity index (χ4n) is 1.59. The summed E-state index contributed by atoms with van der Waals surface area (Å²) in [5.41, 5.74) is 5.78. The molecule has 0 saturated heterocycles. The third-order valence-electron chi connectivity index (χ3n) is 2.40. The van der Waals surface area contributed by atoms with Crippen LogP contribution in [0.3, 0.4) is 0 Å². The molecule has 0 bridgehead atoms. The van der Waals surface area contributed by atoms with Crippen LogP contribution < -0.4 is 11.5 Å². The van der Waals surface area contributed by atoms with E-state index in [1.54, 1.807) is 0 Å². The normalized spacial score (nSPS) is 10.8. The average Bonchev–Trinajstić information content (AvgIpc) is 2.95. The van der Waals surface area contributed by atoms with Gasteiger partial charge in [0.15, 0.2) is 11.5 Å². The summed E-state index contributed by atoms with van der Waals surface area (Å²) in [7, 11) is 0. The molecule has 0 saturated carbocycles. The summed E-state index contributed by atoms with van der Waals surface area (Å²) in [6, 6.07) is 5.34. The van der Waals surface area contributed by atoms with Gasteiger partial charge < -0.3 is 5.73 Å². The van der Waals surface area contributed by atoms with Crippen molar-refractivity contribution in [2.75, 3.05) is 5.73 Å². The summed E-state index contributed by atoms with van der Waals surface area (Å²) in [5.74, 6) is -1.39. The Morgan fingerprint density at radius 2 is 2.11 bits per heavy atom. The van der Waals surface area contributed by atoms with E-state index in [4.69, 9.17) is 5.73 Å². The van der Waals surface area contributed by atoms with Gasteiger partial charge in [-0.15, -0.1) is 0 Å². The lowest BCUT2D eigenvalue weighted by Crippen LogP contribution is -2.13. The summed E-state index contributed by atoms with van der Waals surface area (Å²) < 4.78 is 23.2. The highest BCUT2D eigenvalue weighted by atomic mass is 19.1. The maximum atomic E-state index is 13.2. The number of anilines is 1. The lowest BCUT2D eigenvalue weighted by molar-refractivity contribution is 0.310. The van der Waals surface area contributed by atoms with Crippen LogP contribution in [0.15, 0.2) is 38.2 Å². The number of benzene rings is 1. The van der Waals surface area contributed by atoms with E-state index in [0.29, 0.717) is 0 Å². The molecule has 0 fully saturated rings. The molecule has 96 valence electrons. The molecule has 0 aliphatic heterocycles. The van der Waals surface area contributed by atoms with E-state index in [2.05, 4.69) is 24.6 Å². The Hall–Kier alpha value is -2.97. The molecular formula is C10H6FN5O3. The molecule has 19 heavy (non-hydrogen) atoms. The second-order valence-electron chi connectivity index (χ2n) is 3.59. The molecule has 2 N–H and O–H groups in total. The molecule has 0 aliphatic carbocycles. The van der Waals surface area contributed by atoms with Crippen LogP contribution in [0.1, 0.15) is 0 Å². The molecule has 2 aromatic heterocycles. The quantitative estimate of drug-likeness (QED) is 0.719. The molecule has 2 heterocycles. The minimum Gasteiger partial charge on any atom is -0.379 e. The molecule has 8 nitrogen and oxygen atoms in total. The van der Waals surface area contributed by atoms with Gasteiger partial charge in [0, 0.05) is 0 Å². The zero-order valence-electron chi connectivity index (χ0n) is 9.28. The van der Waals surface area contributed by atoms with Gasteiger partial charge in [-0.2, -0.15) is 0 Å². The lowest BCUT2D eigenvalue weighted by Gasteiger charge is -2.02. The van der Waals surface area contributed by atoms with Gasteiger partial charge in [-0.3, -0.25) is 4.52 Å². The Kier molecular flexibility index (Phi) is 2.37. The third-order valence-corrected chi connectivity index (χ3v) is 2.40. The van der Waals surface area contributed by atoms with Gasteiger partial charge in [-0.05, 0) is 28.5 Å². The SMILES string of the molecule is Nc1nonc1-c1noc(=O)n1-c1cccc(F)c1. The molecule has 0 spiro atoms. The molecule has 3 rings (SSSR count). The first-order valence-electron chi connectivity index (χ1n) is 5.10. The fraction of sp³-hybridized carbons (Fsp3) is 0. The third kappa shape index (κ3) is 1.76. The van der Waals surface area contributed by atoms with Crippen molar-refractivity contribution >= 4 is 5.82 Å². The van der Waals surface area contributed by atoms with Crippen LogP contribution in [-0.2, 0) is 0 Å². The molecule has 0 atom stereocenters. The molecule has 0 unspecified atom stereocenters. The largest absolute Gasteiger partial charge is 0.446 e. The number of rotatable bonds is 2. The van der Waals surface area contributed by atoms with Crippen molar-refractivity contribution in [2.24, 2.45) is 0 Å². The number of nitrogens with zero attached hydrogens (tertiary/aromatic N) is 4. The van der Waals surface area contributed by atoms with E-state index in [1.165, 1.54) is 18.2 Å². The fourth-order valence-corrected chi connectivity index (χ4v) is 1.59. The number of hydrogen-bond donors (Lipinski definition) is 1. The minimum absolute atomic E-state index is 0.0191. The maximum Gasteiger partial charge on any atom is 0.446 e. The van der Waals surface area contributed by atoms with Crippen LogP contribution in [0.4, 0.5) is 10.2 Å². The zero-order valence-corrected chi connectivity index (χ0v) is 9.28. The highest BCUT2D eigenvalue weighted by Crippen LogP contribution is 2.21. The molecular weight excluding hydrogens is 257 g/mol. The lowest BCUT2D eigenvalue weighted by atomic mass is 10.3. The van der Waals surface area contributed by atoms with E-state index in [9.17, 15) is 9.18 Å². The van der Waals surface area contributed by atoms with Crippen molar-refractivity contribution < 1.29 is 13.5 Å². The predicted molar refractivity (Wildman–Crippen MR) is 59.8 cm³/mol. The van der Waals surface area contributed by atoms with Gasteiger partial charge in [0.25, 0.3) is 0 Å². The van der Waals surface area contributed by atoms with Crippen molar-refractivity contribution in [1.82, 2.24) is 20.0 Å². The average molecular weight is 263 g/mol. The highest BCUT2D eigenvalue weighted by molar-refractivity contribution is 5.63. The Balaban J connectivity index is 2.25. The maximum absolute atomic E-state index is 13.2. The van der Waals surface area contributed by atoms with E-state index in [1.807, 2.05) is 0 Å². The van der Waals surface area contributed by atoms with Gasteiger partial charge in [0.05, 0.1) is 5.69 Å². The summed E-state index contributed by atoms with van der Waals surface area (Å²) in [5, 5.41) is 10.4. The van der Waals surface area contributed by atoms with Crippen LogP contribution in [0, 0.1) is 5.82 Å². The molecule has 3 aromatic rings. The number of hydrogen-bond acceptors (Lipinski definition) is 7. The number of aromatic nitrogens is 4. The van der Waals surface area contributed by atoms with Crippen LogP contribution in [0.25, 0.3) is 17.2 Å². The Morgan fingerprint density at radius 3 is 2.79 bits per heavy atom. The Morgan fingerprint density at radius 1 is 1.26 bits per heavy atom. The van der Waals surface area contributed by atoms with Gasteiger partial charge in [0.2, 0.25) is 5.82 Å². The second kappa shape index (κ2) is 4.05. The van der Waals surface area contributed by atoms with Crippen molar-refractivity contribution in [3.63, 3.8) is 0 Å². The molecule has 9 heteroatoms. The first-order chi connectivity index (χ1) is 9.16. The topological polar surface area (TPSA) is 113 Å². The summed E-state index contributed by atoms with van der Waals surface area (Å²) in [4.78, 5) is 11.6. The van der Waals surface area contributed by atoms with Gasteiger partial charge in [0.1, 0.15) is 5.82 Å². The zero-order chi connectivity index (χ0) is 13.4. The highest BCUT2D eigenvalue weighted by Gasteiger charge is 2.21. The summed E-state index contributed by atoms with van der Waals surface area (Å²) in [6.45, 7) is 0. The number of halogens is 1. The predicted octanol–water partition coefficient (Wildman–Crippen LogP) is 0.597. The summed E-state index contributed by atoms with van der Waals surface area (Å²) >= 11 is 0. The standard InChI is InChI=1S/C10H6FN5O3/c11-5-2-1-3-6(4-5)16-9(15-18-10(16)17)7-8(12)14-19-13-7/h1-4H,(H2,12,14). The molecule has 0 amide bonds. The monoisotopic (exact) mass is 263 g/mol. The minimum atomic E-state index is -0.803. The van der Waals surface area contributed by atoms with E-state index in [0.717, 1.165) is 10.6 Å². The van der Waals surface area contributed by atoms with Crippen molar-refractivity contribution in [3.05, 3.63) is 40.6 Å². The van der Waals surface area contributed by atoms with Gasteiger partial charge in [-0.25, -0.2) is 18.4 Å². The number of nitrogen functional groups attached to an aromatic ring is 1. The smallest absolute Gasteiger partial charge is 0.379 e. The molecule has 1 aromatic carbocycles. The van der Waals surface area contributed by atoms with E-state index >= 15 is 0 Å². The first kappa shape index (κ1) is 11.1. The van der Waals surface area contributed by atoms with Gasteiger partial charge >= 0.3 is 5.76 Å². The van der Waals surface area contributed by atoms with Crippen molar-refractivity contribution in [1.29, 1.82) is 0 Å². The van der Waals surface area contributed by atoms with Crippen LogP contribution in [0.2, 0.25) is 0 Å². The summed E-state index contributed by atoms with van der Waals surface area (Å²) in [6.07, 6.45) is 0. The van der Waals surface area contributed by atoms with Crippen molar-refractivity contribution in [3.8, 4) is 17.2 Å². The van der Waals surface area contributed by atoms with Crippen LogP contribution >= 0.6 is 0 Å². The van der Waals surface area contributed by atoms with E-state index in [-0.39, 0.29) is 23.0 Å². The first-order valence-corrected chi connectivity index (χ1v) is 5.10. The Labute approximate surface area is 104 Å². The molecule has 0 radical (unpaired) electrons. The number of nitrogens with two attached hydrogens (primary N) is 1. The van der Waals surface area contributed by atoms with Crippen LogP contribution in [-0.4, -0.2) is 20.0 Å². The molecule has 0 aliphatic rings. The van der Waals surface area contributed by atoms with Crippen LogP contribution in [0.5, 0.6) is 0 Å². The Bertz CT molecular complexity index is 790. The second-order valence-corrected chi connectivity index (χ2v) is 3.59. The van der Waals surface area contributed by atoms with E-state index < -0.39 is 11.6 Å².